The van der Waals surface area contributed by atoms with E-state index >= 15 is 0 Å². The minimum absolute atomic E-state index is 0.128. The molecule has 2 aromatic carbocycles. The highest BCUT2D eigenvalue weighted by Gasteiger charge is 2.17. The van der Waals surface area contributed by atoms with Crippen LogP contribution in [0.3, 0.4) is 0 Å². The fourth-order valence-electron chi connectivity index (χ4n) is 2.54. The maximum absolute atomic E-state index is 11.6. The van der Waals surface area contributed by atoms with Gasteiger partial charge in [0.15, 0.2) is 5.75 Å². The van der Waals surface area contributed by atoms with E-state index in [1.165, 1.54) is 30.6 Å². The Balaban J connectivity index is 1.89. The van der Waals surface area contributed by atoms with Crippen molar-refractivity contribution in [1.29, 1.82) is 5.26 Å². The highest BCUT2D eigenvalue weighted by molar-refractivity contribution is 7.13. The van der Waals surface area contributed by atoms with Crippen molar-refractivity contribution >= 4 is 28.6 Å². The van der Waals surface area contributed by atoms with E-state index < -0.39 is 4.92 Å². The van der Waals surface area contributed by atoms with E-state index in [2.05, 4.69) is 10.3 Å². The standard InChI is InChI=1S/C19H14N4O4S/c1-27-17-6-5-12(10-16(17)23(25)26)15-11-28-19(22-15)13-3-2-4-14(9-13)21-18(24)7-8-20/h2-6,9-11H,7H2,1H3,(H,21,24). The Hall–Kier alpha value is -3.77. The number of hydrogen-bond donors (Lipinski definition) is 1. The zero-order valence-electron chi connectivity index (χ0n) is 14.7. The number of nitriles is 1. The summed E-state index contributed by atoms with van der Waals surface area (Å²) in [5.74, 6) is -0.199. The Bertz CT molecular complexity index is 1090. The molecule has 0 unspecified atom stereocenters. The number of nitrogens with zero attached hydrogens (tertiary/aromatic N) is 3. The van der Waals surface area contributed by atoms with Gasteiger partial charge < -0.3 is 10.1 Å². The van der Waals surface area contributed by atoms with Crippen molar-refractivity contribution in [1.82, 2.24) is 4.98 Å². The summed E-state index contributed by atoms with van der Waals surface area (Å²) in [5.41, 5.74) is 2.43. The molecule has 0 radical (unpaired) electrons. The third kappa shape index (κ3) is 4.13. The molecule has 140 valence electrons. The number of carbonyl (C=O) groups excluding carboxylic acids is 1. The molecule has 28 heavy (non-hydrogen) atoms. The molecule has 3 aromatic rings. The summed E-state index contributed by atoms with van der Waals surface area (Å²) in [6.45, 7) is 0. The number of nitro benzene ring substituents is 1. The first-order valence-corrected chi connectivity index (χ1v) is 8.95. The maximum Gasteiger partial charge on any atom is 0.311 e. The molecular formula is C19H14N4O4S. The molecule has 9 heteroatoms. The third-order valence-electron chi connectivity index (χ3n) is 3.81. The van der Waals surface area contributed by atoms with Crippen molar-refractivity contribution in [2.45, 2.75) is 6.42 Å². The fourth-order valence-corrected chi connectivity index (χ4v) is 3.36. The average Bonchev–Trinajstić information content (AvgIpc) is 3.18. The predicted molar refractivity (Wildman–Crippen MR) is 105 cm³/mol. The summed E-state index contributed by atoms with van der Waals surface area (Å²) in [4.78, 5) is 26.8. The smallest absolute Gasteiger partial charge is 0.311 e. The van der Waals surface area contributed by atoms with Gasteiger partial charge in [0.05, 0.1) is 23.8 Å². The largest absolute Gasteiger partial charge is 0.490 e. The van der Waals surface area contributed by atoms with E-state index in [-0.39, 0.29) is 23.8 Å². The Morgan fingerprint density at radius 3 is 2.86 bits per heavy atom. The number of carbonyl (C=O) groups is 1. The normalized spacial score (nSPS) is 10.1. The molecule has 1 aromatic heterocycles. The molecule has 1 N–H and O–H groups in total. The lowest BCUT2D eigenvalue weighted by Crippen LogP contribution is -2.09. The molecule has 0 bridgehead atoms. The first-order valence-electron chi connectivity index (χ1n) is 8.07. The van der Waals surface area contributed by atoms with Crippen LogP contribution in [-0.4, -0.2) is 22.9 Å². The number of nitro groups is 1. The second-order valence-corrected chi connectivity index (χ2v) is 6.50. The quantitative estimate of drug-likeness (QED) is 0.493. The molecule has 0 fully saturated rings. The molecule has 1 heterocycles. The van der Waals surface area contributed by atoms with Crippen LogP contribution < -0.4 is 10.1 Å². The molecule has 0 spiro atoms. The van der Waals surface area contributed by atoms with E-state index in [1.54, 1.807) is 30.3 Å². The van der Waals surface area contributed by atoms with Crippen LogP contribution in [-0.2, 0) is 4.79 Å². The predicted octanol–water partition coefficient (Wildman–Crippen LogP) is 4.25. The van der Waals surface area contributed by atoms with Crippen molar-refractivity contribution in [3.05, 3.63) is 58.0 Å². The van der Waals surface area contributed by atoms with Crippen LogP contribution in [0.2, 0.25) is 0 Å². The summed E-state index contributed by atoms with van der Waals surface area (Å²) >= 11 is 1.38. The second kappa shape index (κ2) is 8.28. The first-order chi connectivity index (χ1) is 13.5. The van der Waals surface area contributed by atoms with Crippen LogP contribution in [0, 0.1) is 21.4 Å². The number of benzene rings is 2. The van der Waals surface area contributed by atoms with Crippen LogP contribution in [0.25, 0.3) is 21.8 Å². The zero-order valence-corrected chi connectivity index (χ0v) is 15.5. The number of nitrogens with one attached hydrogen (secondary N) is 1. The van der Waals surface area contributed by atoms with Gasteiger partial charge in [-0.15, -0.1) is 11.3 Å². The SMILES string of the molecule is COc1ccc(-c2csc(-c3cccc(NC(=O)CC#N)c3)n2)cc1[N+](=O)[O-]. The van der Waals surface area contributed by atoms with Gasteiger partial charge in [0, 0.05) is 28.3 Å². The van der Waals surface area contributed by atoms with E-state index in [0.29, 0.717) is 22.0 Å². The van der Waals surface area contributed by atoms with Gasteiger partial charge in [0.25, 0.3) is 0 Å². The minimum atomic E-state index is -0.497. The van der Waals surface area contributed by atoms with Gasteiger partial charge in [0.1, 0.15) is 11.4 Å². The number of anilines is 1. The molecule has 1 amide bonds. The first kappa shape index (κ1) is 19.0. The topological polar surface area (TPSA) is 118 Å². The van der Waals surface area contributed by atoms with Crippen LogP contribution in [0.1, 0.15) is 6.42 Å². The Morgan fingerprint density at radius 1 is 1.32 bits per heavy atom. The van der Waals surface area contributed by atoms with Gasteiger partial charge in [-0.3, -0.25) is 14.9 Å². The van der Waals surface area contributed by atoms with Crippen LogP contribution in [0.15, 0.2) is 47.8 Å². The Kier molecular flexibility index (Phi) is 5.62. The number of rotatable bonds is 6. The van der Waals surface area contributed by atoms with Gasteiger partial charge in [0.2, 0.25) is 5.91 Å². The van der Waals surface area contributed by atoms with Crippen LogP contribution >= 0.6 is 11.3 Å². The number of hydrogen-bond acceptors (Lipinski definition) is 7. The van der Waals surface area contributed by atoms with Crippen molar-refractivity contribution in [3.63, 3.8) is 0 Å². The van der Waals surface area contributed by atoms with Gasteiger partial charge in [-0.25, -0.2) is 4.98 Å². The molecule has 0 saturated heterocycles. The molecule has 0 aliphatic heterocycles. The number of ether oxygens (including phenoxy) is 1. The molecule has 0 aliphatic carbocycles. The Morgan fingerprint density at radius 2 is 2.14 bits per heavy atom. The van der Waals surface area contributed by atoms with Crippen molar-refractivity contribution in [2.75, 3.05) is 12.4 Å². The lowest BCUT2D eigenvalue weighted by Gasteiger charge is -2.04. The molecule has 3 rings (SSSR count). The Labute approximate surface area is 164 Å². The lowest BCUT2D eigenvalue weighted by molar-refractivity contribution is -0.385. The molecular weight excluding hydrogens is 380 g/mol. The lowest BCUT2D eigenvalue weighted by atomic mass is 10.1. The van der Waals surface area contributed by atoms with Gasteiger partial charge in [-0.05, 0) is 24.3 Å². The third-order valence-corrected chi connectivity index (χ3v) is 4.70. The number of thiazole rings is 1. The zero-order chi connectivity index (χ0) is 20.1. The van der Waals surface area contributed by atoms with E-state index in [1.807, 2.05) is 11.4 Å². The van der Waals surface area contributed by atoms with Crippen LogP contribution in [0.5, 0.6) is 5.75 Å². The summed E-state index contributed by atoms with van der Waals surface area (Å²) in [7, 11) is 1.38. The van der Waals surface area contributed by atoms with Crippen molar-refractivity contribution < 1.29 is 14.5 Å². The van der Waals surface area contributed by atoms with E-state index in [9.17, 15) is 14.9 Å². The van der Waals surface area contributed by atoms with Crippen molar-refractivity contribution in [2.24, 2.45) is 0 Å². The molecule has 0 atom stereocenters. The maximum atomic E-state index is 11.6. The minimum Gasteiger partial charge on any atom is -0.490 e. The monoisotopic (exact) mass is 394 g/mol. The van der Waals surface area contributed by atoms with Gasteiger partial charge >= 0.3 is 5.69 Å². The molecule has 0 aliphatic rings. The van der Waals surface area contributed by atoms with E-state index in [4.69, 9.17) is 10.00 Å². The van der Waals surface area contributed by atoms with Gasteiger partial charge in [-0.2, -0.15) is 5.26 Å². The van der Waals surface area contributed by atoms with Crippen LogP contribution in [0.4, 0.5) is 11.4 Å². The van der Waals surface area contributed by atoms with Crippen molar-refractivity contribution in [3.8, 4) is 33.6 Å². The molecule has 8 nitrogen and oxygen atoms in total. The van der Waals surface area contributed by atoms with E-state index in [0.717, 1.165) is 5.56 Å². The average molecular weight is 394 g/mol. The molecule has 0 saturated carbocycles. The fraction of sp³-hybridized carbons (Fsp3) is 0.105. The highest BCUT2D eigenvalue weighted by Crippen LogP contribution is 2.34. The number of amides is 1. The number of methoxy groups -OCH3 is 1. The highest BCUT2D eigenvalue weighted by atomic mass is 32.1. The summed E-state index contributed by atoms with van der Waals surface area (Å²) in [6.07, 6.45) is -0.220. The summed E-state index contributed by atoms with van der Waals surface area (Å²) in [5, 5.41) is 24.9. The summed E-state index contributed by atoms with van der Waals surface area (Å²) < 4.78 is 5.02. The summed E-state index contributed by atoms with van der Waals surface area (Å²) in [6, 6.07) is 13.6. The second-order valence-electron chi connectivity index (χ2n) is 5.65. The van der Waals surface area contributed by atoms with Gasteiger partial charge in [-0.1, -0.05) is 12.1 Å². The number of aromatic nitrogens is 1.